The first-order valence-corrected chi connectivity index (χ1v) is 5.38. The zero-order valence-corrected chi connectivity index (χ0v) is 9.87. The van der Waals surface area contributed by atoms with E-state index in [0.29, 0.717) is 6.54 Å². The van der Waals surface area contributed by atoms with Gasteiger partial charge in [0.05, 0.1) is 22.8 Å². The van der Waals surface area contributed by atoms with Crippen molar-refractivity contribution in [2.75, 3.05) is 24.6 Å². The first-order valence-electron chi connectivity index (χ1n) is 5.38. The number of carboxylic acids is 1. The van der Waals surface area contributed by atoms with Crippen molar-refractivity contribution in [2.24, 2.45) is 0 Å². The number of likely N-dealkylation sites (N-methyl/N-ethyl adjacent to an activating group) is 1. The number of non-ortho nitro benzene ring substituents is 1. The van der Waals surface area contributed by atoms with Crippen LogP contribution < -0.4 is 4.90 Å². The molecule has 0 bridgehead atoms. The molecule has 0 radical (unpaired) electrons. The smallest absolute Gasteiger partial charge is 0.337 e. The summed E-state index contributed by atoms with van der Waals surface area (Å²) in [7, 11) is 0. The lowest BCUT2D eigenvalue weighted by Gasteiger charge is -2.23. The van der Waals surface area contributed by atoms with Gasteiger partial charge in [-0.1, -0.05) is 0 Å². The number of rotatable bonds is 6. The van der Waals surface area contributed by atoms with Crippen molar-refractivity contribution < 1.29 is 19.9 Å². The monoisotopic (exact) mass is 254 g/mol. The van der Waals surface area contributed by atoms with E-state index >= 15 is 0 Å². The van der Waals surface area contributed by atoms with Gasteiger partial charge in [0.1, 0.15) is 0 Å². The Morgan fingerprint density at radius 2 is 2.17 bits per heavy atom. The minimum absolute atomic E-state index is 0.0177. The van der Waals surface area contributed by atoms with Gasteiger partial charge in [-0.2, -0.15) is 0 Å². The summed E-state index contributed by atoms with van der Waals surface area (Å²) in [6, 6.07) is 3.57. The molecule has 0 fully saturated rings. The summed E-state index contributed by atoms with van der Waals surface area (Å²) in [4.78, 5) is 22.8. The Morgan fingerprint density at radius 1 is 1.50 bits per heavy atom. The summed E-state index contributed by atoms with van der Waals surface area (Å²) < 4.78 is 0. The summed E-state index contributed by atoms with van der Waals surface area (Å²) in [6.45, 7) is 2.29. The van der Waals surface area contributed by atoms with Gasteiger partial charge in [0.15, 0.2) is 0 Å². The zero-order valence-electron chi connectivity index (χ0n) is 9.87. The van der Waals surface area contributed by atoms with E-state index in [1.165, 1.54) is 12.1 Å². The number of anilines is 1. The first kappa shape index (κ1) is 13.9. The summed E-state index contributed by atoms with van der Waals surface area (Å²) in [6.07, 6.45) is 0. The Bertz CT molecular complexity index is 461. The van der Waals surface area contributed by atoms with E-state index in [1.54, 1.807) is 11.8 Å². The molecule has 1 aromatic rings. The van der Waals surface area contributed by atoms with E-state index in [9.17, 15) is 14.9 Å². The lowest BCUT2D eigenvalue weighted by Crippen LogP contribution is -2.28. The van der Waals surface area contributed by atoms with Gasteiger partial charge in [-0.15, -0.1) is 0 Å². The van der Waals surface area contributed by atoms with Crippen molar-refractivity contribution in [2.45, 2.75) is 6.92 Å². The quantitative estimate of drug-likeness (QED) is 0.582. The molecule has 0 atom stereocenters. The number of hydrogen-bond acceptors (Lipinski definition) is 5. The van der Waals surface area contributed by atoms with Gasteiger partial charge in [-0.3, -0.25) is 10.1 Å². The van der Waals surface area contributed by atoms with E-state index < -0.39 is 10.9 Å². The number of nitro groups is 1. The van der Waals surface area contributed by atoms with E-state index in [0.717, 1.165) is 6.07 Å². The number of aromatic carboxylic acids is 1. The highest BCUT2D eigenvalue weighted by molar-refractivity contribution is 5.95. The van der Waals surface area contributed by atoms with Gasteiger partial charge in [0.2, 0.25) is 0 Å². The molecular weight excluding hydrogens is 240 g/mol. The van der Waals surface area contributed by atoms with E-state index in [1.807, 2.05) is 0 Å². The molecule has 0 saturated heterocycles. The minimum Gasteiger partial charge on any atom is -0.478 e. The fourth-order valence-corrected chi connectivity index (χ4v) is 1.65. The van der Waals surface area contributed by atoms with Crippen LogP contribution in [0, 0.1) is 10.1 Å². The zero-order chi connectivity index (χ0) is 13.7. The highest BCUT2D eigenvalue weighted by Gasteiger charge is 2.18. The molecule has 7 heteroatoms. The fraction of sp³-hybridized carbons (Fsp3) is 0.364. The molecule has 0 heterocycles. The van der Waals surface area contributed by atoms with Crippen LogP contribution in [0.25, 0.3) is 0 Å². The molecule has 0 aliphatic rings. The minimum atomic E-state index is -1.16. The Morgan fingerprint density at radius 3 is 2.61 bits per heavy atom. The van der Waals surface area contributed by atoms with Crippen molar-refractivity contribution >= 4 is 17.3 Å². The van der Waals surface area contributed by atoms with Crippen molar-refractivity contribution in [3.05, 3.63) is 33.9 Å². The molecule has 0 saturated carbocycles. The van der Waals surface area contributed by atoms with Gasteiger partial charge in [0, 0.05) is 25.2 Å². The molecule has 0 aliphatic carbocycles. The van der Waals surface area contributed by atoms with Gasteiger partial charge < -0.3 is 15.1 Å². The number of carbonyl (C=O) groups is 1. The largest absolute Gasteiger partial charge is 0.478 e. The molecule has 7 nitrogen and oxygen atoms in total. The van der Waals surface area contributed by atoms with Gasteiger partial charge in [0.25, 0.3) is 5.69 Å². The van der Waals surface area contributed by atoms with Crippen LogP contribution in [0.15, 0.2) is 18.2 Å². The Labute approximate surface area is 103 Å². The van der Waals surface area contributed by atoms with Gasteiger partial charge in [-0.05, 0) is 13.0 Å². The topological polar surface area (TPSA) is 104 Å². The van der Waals surface area contributed by atoms with Crippen LogP contribution in [0.2, 0.25) is 0 Å². The molecular formula is C11H14N2O5. The van der Waals surface area contributed by atoms with Crippen molar-refractivity contribution in [3.63, 3.8) is 0 Å². The third-order valence-corrected chi connectivity index (χ3v) is 2.51. The second-order valence-electron chi connectivity index (χ2n) is 3.57. The SMILES string of the molecule is CCN(CCO)c1cc([N+](=O)[O-])ccc1C(=O)O. The molecule has 1 aromatic carbocycles. The van der Waals surface area contributed by atoms with Crippen LogP contribution >= 0.6 is 0 Å². The maximum absolute atomic E-state index is 11.1. The van der Waals surface area contributed by atoms with Crippen LogP contribution in [0.3, 0.4) is 0 Å². The molecule has 0 spiro atoms. The summed E-state index contributed by atoms with van der Waals surface area (Å²) in [5, 5.41) is 28.7. The standard InChI is InChI=1S/C11H14N2O5/c1-2-12(5-6-14)10-7-8(13(17)18)3-4-9(10)11(15)16/h3-4,7,14H,2,5-6H2,1H3,(H,15,16). The lowest BCUT2D eigenvalue weighted by molar-refractivity contribution is -0.384. The maximum Gasteiger partial charge on any atom is 0.337 e. The average Bonchev–Trinajstić information content (AvgIpc) is 2.35. The highest BCUT2D eigenvalue weighted by atomic mass is 16.6. The Hall–Kier alpha value is -2.15. The van der Waals surface area contributed by atoms with E-state index in [2.05, 4.69) is 0 Å². The average molecular weight is 254 g/mol. The predicted octanol–water partition coefficient (Wildman–Crippen LogP) is 1.11. The van der Waals surface area contributed by atoms with Crippen LogP contribution in [-0.4, -0.2) is 40.8 Å². The van der Waals surface area contributed by atoms with Crippen LogP contribution in [0.1, 0.15) is 17.3 Å². The number of aliphatic hydroxyl groups excluding tert-OH is 1. The number of nitro benzene ring substituents is 1. The third kappa shape index (κ3) is 2.95. The Kier molecular flexibility index (Phi) is 4.61. The van der Waals surface area contributed by atoms with Crippen LogP contribution in [0.5, 0.6) is 0 Å². The second kappa shape index (κ2) is 5.97. The first-order chi connectivity index (χ1) is 8.51. The lowest BCUT2D eigenvalue weighted by atomic mass is 10.1. The molecule has 2 N–H and O–H groups in total. The van der Waals surface area contributed by atoms with Gasteiger partial charge >= 0.3 is 5.97 Å². The fourth-order valence-electron chi connectivity index (χ4n) is 1.65. The molecule has 0 aromatic heterocycles. The summed E-state index contributed by atoms with van der Waals surface area (Å²) in [5.41, 5.74) is 0.0514. The molecule has 1 rings (SSSR count). The van der Waals surface area contributed by atoms with Crippen molar-refractivity contribution in [1.82, 2.24) is 0 Å². The third-order valence-electron chi connectivity index (χ3n) is 2.51. The molecule has 98 valence electrons. The number of carboxylic acid groups (broad SMARTS) is 1. The van der Waals surface area contributed by atoms with Crippen molar-refractivity contribution in [3.8, 4) is 0 Å². The number of nitrogens with zero attached hydrogens (tertiary/aromatic N) is 2. The van der Waals surface area contributed by atoms with E-state index in [4.69, 9.17) is 10.2 Å². The normalized spacial score (nSPS) is 10.1. The Balaban J connectivity index is 3.29. The van der Waals surface area contributed by atoms with E-state index in [-0.39, 0.29) is 30.1 Å². The molecule has 0 aliphatic heterocycles. The summed E-state index contributed by atoms with van der Waals surface area (Å²) in [5.74, 6) is -1.16. The molecule has 0 unspecified atom stereocenters. The maximum atomic E-state index is 11.1. The highest BCUT2D eigenvalue weighted by Crippen LogP contribution is 2.26. The van der Waals surface area contributed by atoms with Crippen LogP contribution in [0.4, 0.5) is 11.4 Å². The second-order valence-corrected chi connectivity index (χ2v) is 3.57. The predicted molar refractivity (Wildman–Crippen MR) is 65.0 cm³/mol. The summed E-state index contributed by atoms with van der Waals surface area (Å²) >= 11 is 0. The van der Waals surface area contributed by atoms with Crippen LogP contribution in [-0.2, 0) is 0 Å². The number of hydrogen-bond donors (Lipinski definition) is 2. The number of benzene rings is 1. The van der Waals surface area contributed by atoms with Gasteiger partial charge in [-0.25, -0.2) is 4.79 Å². The van der Waals surface area contributed by atoms with Crippen molar-refractivity contribution in [1.29, 1.82) is 0 Å². The molecule has 18 heavy (non-hydrogen) atoms. The number of aliphatic hydroxyl groups is 1. The molecule has 0 amide bonds.